The molecule has 2 aromatic rings. The van der Waals surface area contributed by atoms with Gasteiger partial charge in [-0.3, -0.25) is 15.3 Å². The number of hydrogen-bond acceptors (Lipinski definition) is 5. The number of carbonyl (C=O) groups excluding carboxylic acids is 2. The molecular weight excluding hydrogens is 452 g/mol. The lowest BCUT2D eigenvalue weighted by Crippen LogP contribution is -2.22. The number of halogens is 1. The molecule has 0 saturated heterocycles. The Balaban J connectivity index is 2.15. The molecule has 0 spiro atoms. The fraction of sp³-hybridized carbons (Fsp3) is 0.273. The number of benzene rings is 2. The first kappa shape index (κ1) is 23.4. The number of rotatable bonds is 8. The maximum atomic E-state index is 12.5. The van der Waals surface area contributed by atoms with Gasteiger partial charge >= 0.3 is 6.09 Å². The van der Waals surface area contributed by atoms with Crippen LogP contribution in [-0.4, -0.2) is 22.3 Å². The number of carbonyl (C=O) groups is 2. The molecule has 0 aliphatic rings. The summed E-state index contributed by atoms with van der Waals surface area (Å²) >= 11 is 3.38. The number of phenolic OH excluding ortho intramolecular Hbond substituents is 1. The molecule has 0 aromatic heterocycles. The Labute approximate surface area is 183 Å². The van der Waals surface area contributed by atoms with Crippen molar-refractivity contribution < 1.29 is 24.6 Å². The van der Waals surface area contributed by atoms with E-state index in [1.807, 2.05) is 26.0 Å². The van der Waals surface area contributed by atoms with Crippen LogP contribution in [-0.2, 0) is 9.53 Å². The molecular formula is C22H25BrN2O5. The molecule has 0 fully saturated rings. The second-order valence-electron chi connectivity index (χ2n) is 6.95. The number of aromatic hydroxyl groups is 1. The predicted octanol–water partition coefficient (Wildman–Crippen LogP) is 5.23. The van der Waals surface area contributed by atoms with Crippen molar-refractivity contribution in [3.63, 3.8) is 0 Å². The van der Waals surface area contributed by atoms with E-state index in [4.69, 9.17) is 9.94 Å². The highest BCUT2D eigenvalue weighted by Crippen LogP contribution is 2.36. The van der Waals surface area contributed by atoms with Crippen molar-refractivity contribution in [1.82, 2.24) is 5.48 Å². The zero-order valence-corrected chi connectivity index (χ0v) is 18.3. The van der Waals surface area contributed by atoms with Crippen LogP contribution in [0.3, 0.4) is 0 Å². The van der Waals surface area contributed by atoms with Gasteiger partial charge in [0.2, 0.25) is 0 Å². The van der Waals surface area contributed by atoms with Crippen LogP contribution in [0.4, 0.5) is 10.5 Å². The van der Waals surface area contributed by atoms with Crippen LogP contribution < -0.4 is 10.8 Å². The molecule has 2 aromatic carbocycles. The van der Waals surface area contributed by atoms with Crippen molar-refractivity contribution in [3.8, 4) is 5.75 Å². The summed E-state index contributed by atoms with van der Waals surface area (Å²) in [6.07, 6.45) is 2.58. The summed E-state index contributed by atoms with van der Waals surface area (Å²) in [6.45, 7) is 3.85. The van der Waals surface area contributed by atoms with E-state index in [0.717, 1.165) is 10.0 Å². The van der Waals surface area contributed by atoms with Gasteiger partial charge in [-0.15, -0.1) is 0 Å². The van der Waals surface area contributed by atoms with Crippen LogP contribution in [0, 0.1) is 12.8 Å². The van der Waals surface area contributed by atoms with Gasteiger partial charge in [0.1, 0.15) is 11.9 Å². The average Bonchev–Trinajstić information content (AvgIpc) is 2.72. The SMILES string of the molecule is Cc1ccc(NC(=O)O[C@H](c2cc(Br)ccc2O)[C@@H](C)CC/C=C/C(=O)NO)cc1. The second-order valence-corrected chi connectivity index (χ2v) is 7.87. The fourth-order valence-corrected chi connectivity index (χ4v) is 3.26. The number of aryl methyl sites for hydroxylation is 1. The summed E-state index contributed by atoms with van der Waals surface area (Å²) < 4.78 is 6.44. The predicted molar refractivity (Wildman–Crippen MR) is 117 cm³/mol. The Morgan fingerprint density at radius 3 is 2.57 bits per heavy atom. The van der Waals surface area contributed by atoms with Crippen LogP contribution in [0.15, 0.2) is 59.1 Å². The topological polar surface area (TPSA) is 108 Å². The Bertz CT molecular complexity index is 899. The molecule has 160 valence electrons. The Hall–Kier alpha value is -2.84. The van der Waals surface area contributed by atoms with Crippen molar-refractivity contribution in [2.75, 3.05) is 5.32 Å². The minimum absolute atomic E-state index is 0.0217. The van der Waals surface area contributed by atoms with Crippen molar-refractivity contribution in [3.05, 3.63) is 70.2 Å². The van der Waals surface area contributed by atoms with E-state index in [1.54, 1.807) is 30.3 Å². The van der Waals surface area contributed by atoms with Gasteiger partial charge in [-0.2, -0.15) is 0 Å². The molecule has 2 amide bonds. The third-order valence-corrected chi connectivity index (χ3v) is 5.01. The van der Waals surface area contributed by atoms with Crippen molar-refractivity contribution >= 4 is 33.6 Å². The van der Waals surface area contributed by atoms with E-state index in [1.165, 1.54) is 17.6 Å². The van der Waals surface area contributed by atoms with Crippen LogP contribution in [0.25, 0.3) is 0 Å². The molecule has 0 unspecified atom stereocenters. The fourth-order valence-electron chi connectivity index (χ4n) is 2.88. The third kappa shape index (κ3) is 7.20. The van der Waals surface area contributed by atoms with Gasteiger partial charge in [-0.05, 0) is 56.0 Å². The van der Waals surface area contributed by atoms with E-state index < -0.39 is 18.1 Å². The summed E-state index contributed by atoms with van der Waals surface area (Å²) in [5.74, 6) is -0.762. The van der Waals surface area contributed by atoms with Gasteiger partial charge in [0, 0.05) is 21.8 Å². The van der Waals surface area contributed by atoms with Gasteiger partial charge in [-0.25, -0.2) is 10.3 Å². The first-order valence-electron chi connectivity index (χ1n) is 9.43. The smallest absolute Gasteiger partial charge is 0.412 e. The number of anilines is 1. The number of hydroxylamine groups is 1. The van der Waals surface area contributed by atoms with Crippen LogP contribution >= 0.6 is 15.9 Å². The van der Waals surface area contributed by atoms with Crippen molar-refractivity contribution in [1.29, 1.82) is 0 Å². The molecule has 2 atom stereocenters. The van der Waals surface area contributed by atoms with Crippen LogP contribution in [0.5, 0.6) is 5.75 Å². The molecule has 2 rings (SSSR count). The van der Waals surface area contributed by atoms with E-state index in [2.05, 4.69) is 21.2 Å². The first-order chi connectivity index (χ1) is 14.3. The van der Waals surface area contributed by atoms with E-state index in [0.29, 0.717) is 24.1 Å². The van der Waals surface area contributed by atoms with Gasteiger partial charge in [-0.1, -0.05) is 46.6 Å². The molecule has 0 aliphatic carbocycles. The Kier molecular flexibility index (Phi) is 8.89. The minimum Gasteiger partial charge on any atom is -0.508 e. The highest BCUT2D eigenvalue weighted by Gasteiger charge is 2.26. The van der Waals surface area contributed by atoms with Gasteiger partial charge in [0.05, 0.1) is 0 Å². The molecule has 0 radical (unpaired) electrons. The lowest BCUT2D eigenvalue weighted by Gasteiger charge is -2.25. The van der Waals surface area contributed by atoms with Crippen LogP contribution in [0.1, 0.15) is 37.0 Å². The number of ether oxygens (including phenoxy) is 1. The monoisotopic (exact) mass is 476 g/mol. The average molecular weight is 477 g/mol. The minimum atomic E-state index is -0.715. The normalized spacial score (nSPS) is 12.9. The van der Waals surface area contributed by atoms with E-state index >= 15 is 0 Å². The first-order valence-corrected chi connectivity index (χ1v) is 10.2. The lowest BCUT2D eigenvalue weighted by atomic mass is 9.92. The zero-order valence-electron chi connectivity index (χ0n) is 16.8. The number of hydrogen-bond donors (Lipinski definition) is 4. The summed E-state index contributed by atoms with van der Waals surface area (Å²) in [5.41, 5.74) is 3.68. The quantitative estimate of drug-likeness (QED) is 0.237. The highest BCUT2D eigenvalue weighted by molar-refractivity contribution is 9.10. The second kappa shape index (κ2) is 11.4. The largest absolute Gasteiger partial charge is 0.508 e. The molecule has 0 bridgehead atoms. The van der Waals surface area contributed by atoms with E-state index in [-0.39, 0.29) is 11.7 Å². The molecule has 0 heterocycles. The molecule has 0 aliphatic heterocycles. The number of phenols is 1. The summed E-state index contributed by atoms with van der Waals surface area (Å²) in [5, 5.41) is 21.6. The summed E-state index contributed by atoms with van der Waals surface area (Å²) in [7, 11) is 0. The number of amides is 2. The van der Waals surface area contributed by atoms with Gasteiger partial charge < -0.3 is 9.84 Å². The number of nitrogens with one attached hydrogen (secondary N) is 2. The molecule has 30 heavy (non-hydrogen) atoms. The maximum Gasteiger partial charge on any atom is 0.412 e. The third-order valence-electron chi connectivity index (χ3n) is 4.51. The summed E-state index contributed by atoms with van der Waals surface area (Å²) in [4.78, 5) is 23.6. The standard InChI is InChI=1S/C22H25BrN2O5/c1-14-7-10-17(11-8-14)24-22(28)30-21(18-13-16(23)9-12-19(18)26)15(2)5-3-4-6-20(27)25-29/h4,6-13,15,21,26,29H,3,5H2,1-2H3,(H,24,28)(H,25,27)/b6-4+/t15-,21-/m0/s1. The Morgan fingerprint density at radius 1 is 1.20 bits per heavy atom. The van der Waals surface area contributed by atoms with Crippen molar-refractivity contribution in [2.24, 2.45) is 5.92 Å². The molecule has 4 N–H and O–H groups in total. The molecule has 0 saturated carbocycles. The van der Waals surface area contributed by atoms with Gasteiger partial charge in [0.25, 0.3) is 5.91 Å². The molecule has 7 nitrogen and oxygen atoms in total. The molecule has 8 heteroatoms. The maximum absolute atomic E-state index is 12.5. The summed E-state index contributed by atoms with van der Waals surface area (Å²) in [6, 6.07) is 12.3. The Morgan fingerprint density at radius 2 is 1.90 bits per heavy atom. The highest BCUT2D eigenvalue weighted by atomic mass is 79.9. The van der Waals surface area contributed by atoms with Gasteiger partial charge in [0.15, 0.2) is 0 Å². The van der Waals surface area contributed by atoms with E-state index in [9.17, 15) is 14.7 Å². The number of allylic oxidation sites excluding steroid dienone is 1. The zero-order chi connectivity index (χ0) is 22.1. The van der Waals surface area contributed by atoms with Crippen LogP contribution in [0.2, 0.25) is 0 Å². The lowest BCUT2D eigenvalue weighted by molar-refractivity contribution is -0.124. The van der Waals surface area contributed by atoms with Crippen molar-refractivity contribution in [2.45, 2.75) is 32.8 Å².